The average Bonchev–Trinajstić information content (AvgIpc) is 2.21. The van der Waals surface area contributed by atoms with E-state index in [1.165, 1.54) is 0 Å². The lowest BCUT2D eigenvalue weighted by Gasteiger charge is -2.34. The van der Waals surface area contributed by atoms with E-state index in [0.717, 1.165) is 12.9 Å². The third-order valence-electron chi connectivity index (χ3n) is 3.34. The molecule has 14 heavy (non-hydrogen) atoms. The molecule has 1 aliphatic rings. The van der Waals surface area contributed by atoms with Crippen molar-refractivity contribution in [2.45, 2.75) is 46.5 Å². The summed E-state index contributed by atoms with van der Waals surface area (Å²) in [5.41, 5.74) is 0.183. The first kappa shape index (κ1) is 11.6. The molecule has 0 aromatic heterocycles. The van der Waals surface area contributed by atoms with Crippen molar-refractivity contribution in [1.82, 2.24) is 0 Å². The lowest BCUT2D eigenvalue weighted by molar-refractivity contribution is 0.0373. The van der Waals surface area contributed by atoms with E-state index in [2.05, 4.69) is 27.7 Å². The van der Waals surface area contributed by atoms with E-state index in [0.29, 0.717) is 0 Å². The fourth-order valence-electron chi connectivity index (χ4n) is 1.68. The fourth-order valence-corrected chi connectivity index (χ4v) is 1.68. The summed E-state index contributed by atoms with van der Waals surface area (Å²) in [6.07, 6.45) is 2.81. The minimum absolute atomic E-state index is 0.0474. The Morgan fingerprint density at radius 2 is 2.00 bits per heavy atom. The van der Waals surface area contributed by atoms with Gasteiger partial charge in [-0.1, -0.05) is 19.8 Å². The van der Waals surface area contributed by atoms with Crippen LogP contribution in [0.5, 0.6) is 0 Å². The minimum atomic E-state index is -0.0474. The van der Waals surface area contributed by atoms with Crippen molar-refractivity contribution in [3.8, 4) is 0 Å². The van der Waals surface area contributed by atoms with Gasteiger partial charge >= 0.3 is 6.92 Å². The van der Waals surface area contributed by atoms with Gasteiger partial charge in [0.2, 0.25) is 0 Å². The van der Waals surface area contributed by atoms with Crippen molar-refractivity contribution in [3.63, 3.8) is 0 Å². The molecule has 0 unspecified atom stereocenters. The lowest BCUT2D eigenvalue weighted by atomic mass is 9.59. The van der Waals surface area contributed by atoms with Gasteiger partial charge < -0.3 is 9.39 Å². The molecule has 0 aromatic carbocycles. The molecular weight excluding hydrogens is 175 g/mol. The van der Waals surface area contributed by atoms with E-state index in [4.69, 9.17) is 9.39 Å². The molecule has 0 bridgehead atoms. The first-order valence-electron chi connectivity index (χ1n) is 5.35. The predicted octanol–water partition coefficient (Wildman–Crippen LogP) is 2.90. The summed E-state index contributed by atoms with van der Waals surface area (Å²) >= 11 is 0. The smallest absolute Gasteiger partial charge is 0.323 e. The van der Waals surface area contributed by atoms with Gasteiger partial charge in [-0.15, -0.1) is 0 Å². The maximum absolute atomic E-state index is 5.94. The number of hydrogen-bond acceptors (Lipinski definition) is 2. The van der Waals surface area contributed by atoms with Crippen LogP contribution >= 0.6 is 0 Å². The molecule has 0 N–H and O–H groups in total. The number of rotatable bonds is 3. The van der Waals surface area contributed by atoms with Crippen LogP contribution in [0, 0.1) is 5.41 Å². The molecule has 3 heteroatoms. The van der Waals surface area contributed by atoms with Gasteiger partial charge in [0.25, 0.3) is 0 Å². The minimum Gasteiger partial charge on any atom is -0.503 e. The predicted molar refractivity (Wildman–Crippen MR) is 60.3 cm³/mol. The highest BCUT2D eigenvalue weighted by Crippen LogP contribution is 2.45. The molecule has 0 aliphatic carbocycles. The van der Waals surface area contributed by atoms with Gasteiger partial charge in [0.1, 0.15) is 0 Å². The molecule has 1 fully saturated rings. The van der Waals surface area contributed by atoms with Crippen LogP contribution in [0.1, 0.15) is 34.6 Å². The Balaban J connectivity index is 2.55. The van der Waals surface area contributed by atoms with Gasteiger partial charge in [0.05, 0.1) is 18.5 Å². The quantitative estimate of drug-likeness (QED) is 0.510. The Morgan fingerprint density at radius 1 is 1.36 bits per heavy atom. The van der Waals surface area contributed by atoms with Crippen LogP contribution in [-0.4, -0.2) is 19.1 Å². The average molecular weight is 196 g/mol. The molecule has 1 aliphatic heterocycles. The van der Waals surface area contributed by atoms with E-state index in [1.54, 1.807) is 6.26 Å². The van der Waals surface area contributed by atoms with Crippen LogP contribution in [-0.2, 0) is 9.39 Å². The second-order valence-corrected chi connectivity index (χ2v) is 5.04. The maximum Gasteiger partial charge on any atom is 0.323 e. The molecule has 0 saturated carbocycles. The van der Waals surface area contributed by atoms with Crippen molar-refractivity contribution in [2.24, 2.45) is 5.41 Å². The summed E-state index contributed by atoms with van der Waals surface area (Å²) in [6.45, 7) is 11.7. The van der Waals surface area contributed by atoms with Gasteiger partial charge in [-0.2, -0.15) is 0 Å². The molecule has 80 valence electrons. The fraction of sp³-hybridized carbons (Fsp3) is 0.818. The topological polar surface area (TPSA) is 18.5 Å². The van der Waals surface area contributed by atoms with Crippen molar-refractivity contribution in [3.05, 3.63) is 12.2 Å². The number of hydrogen-bond donors (Lipinski definition) is 0. The number of ether oxygens (including phenoxy) is 1. The highest BCUT2D eigenvalue weighted by molar-refractivity contribution is 6.58. The van der Waals surface area contributed by atoms with E-state index in [-0.39, 0.29) is 17.9 Å². The Hall–Kier alpha value is -0.435. The standard InChI is InChI=1S/C11H21BO2/c1-6-13-8-7-12-9-10(2,3)11(4,5)14-12/h7-8H,6,9H2,1-5H3. The normalized spacial score (nSPS) is 24.5. The van der Waals surface area contributed by atoms with Crippen molar-refractivity contribution in [2.75, 3.05) is 6.61 Å². The Labute approximate surface area is 87.8 Å². The van der Waals surface area contributed by atoms with Gasteiger partial charge in [0.15, 0.2) is 0 Å². The van der Waals surface area contributed by atoms with Crippen LogP contribution < -0.4 is 0 Å². The third kappa shape index (κ3) is 2.32. The van der Waals surface area contributed by atoms with Crippen LogP contribution in [0.2, 0.25) is 6.32 Å². The third-order valence-corrected chi connectivity index (χ3v) is 3.34. The summed E-state index contributed by atoms with van der Waals surface area (Å²) < 4.78 is 11.1. The molecule has 2 nitrogen and oxygen atoms in total. The summed E-state index contributed by atoms with van der Waals surface area (Å²) in [4.78, 5) is 0. The zero-order valence-electron chi connectivity index (χ0n) is 9.96. The highest BCUT2D eigenvalue weighted by atomic mass is 16.5. The SMILES string of the molecule is CCOC=CB1CC(C)(C)C(C)(C)O1. The highest BCUT2D eigenvalue weighted by Gasteiger charge is 2.48. The lowest BCUT2D eigenvalue weighted by Crippen LogP contribution is -2.34. The Kier molecular flexibility index (Phi) is 3.30. The van der Waals surface area contributed by atoms with E-state index < -0.39 is 0 Å². The summed E-state index contributed by atoms with van der Waals surface area (Å²) in [5.74, 6) is 2.01. The van der Waals surface area contributed by atoms with E-state index in [9.17, 15) is 0 Å². The van der Waals surface area contributed by atoms with Crippen molar-refractivity contribution in [1.29, 1.82) is 0 Å². The van der Waals surface area contributed by atoms with Gasteiger partial charge in [-0.3, -0.25) is 0 Å². The zero-order chi connectivity index (χ0) is 10.8. The molecule has 0 radical (unpaired) electrons. The molecule has 0 spiro atoms. The van der Waals surface area contributed by atoms with E-state index in [1.807, 2.05) is 12.9 Å². The second-order valence-electron chi connectivity index (χ2n) is 5.04. The molecule has 1 saturated heterocycles. The van der Waals surface area contributed by atoms with Crippen LogP contribution in [0.4, 0.5) is 0 Å². The molecular formula is C11H21BO2. The first-order chi connectivity index (χ1) is 6.39. The monoisotopic (exact) mass is 196 g/mol. The Bertz CT molecular complexity index is 205. The Morgan fingerprint density at radius 3 is 2.43 bits per heavy atom. The largest absolute Gasteiger partial charge is 0.503 e. The molecule has 0 amide bonds. The van der Waals surface area contributed by atoms with Crippen LogP contribution in [0.15, 0.2) is 12.2 Å². The molecule has 1 heterocycles. The molecule has 1 rings (SSSR count). The maximum atomic E-state index is 5.94. The van der Waals surface area contributed by atoms with Crippen molar-refractivity contribution >= 4 is 6.92 Å². The van der Waals surface area contributed by atoms with Crippen LogP contribution in [0.25, 0.3) is 0 Å². The summed E-state index contributed by atoms with van der Waals surface area (Å²) in [7, 11) is 0. The molecule has 0 aromatic rings. The van der Waals surface area contributed by atoms with Gasteiger partial charge in [-0.25, -0.2) is 0 Å². The van der Waals surface area contributed by atoms with E-state index >= 15 is 0 Å². The van der Waals surface area contributed by atoms with Gasteiger partial charge in [-0.05, 0) is 32.5 Å². The first-order valence-corrected chi connectivity index (χ1v) is 5.35. The van der Waals surface area contributed by atoms with Crippen LogP contribution in [0.3, 0.4) is 0 Å². The summed E-state index contributed by atoms with van der Waals surface area (Å²) in [5, 5.41) is 0. The zero-order valence-corrected chi connectivity index (χ0v) is 9.96. The molecule has 0 atom stereocenters. The van der Waals surface area contributed by atoms with Gasteiger partial charge in [0, 0.05) is 0 Å². The van der Waals surface area contributed by atoms with Crippen molar-refractivity contribution < 1.29 is 9.39 Å². The summed E-state index contributed by atoms with van der Waals surface area (Å²) in [6, 6.07) is 0. The second kappa shape index (κ2) is 3.97.